The molecule has 0 bridgehead atoms. The van der Waals surface area contributed by atoms with Gasteiger partial charge in [0.2, 0.25) is 0 Å². The van der Waals surface area contributed by atoms with Gasteiger partial charge in [0.1, 0.15) is 12.1 Å². The third-order valence-electron chi connectivity index (χ3n) is 4.04. The maximum atomic E-state index is 12.3. The van der Waals surface area contributed by atoms with E-state index in [1.54, 1.807) is 46.5 Å². The smallest absolute Gasteiger partial charge is 0.409 e. The number of hydrogen-bond donors (Lipinski definition) is 1. The molecule has 1 N–H and O–H groups in total. The fourth-order valence-corrected chi connectivity index (χ4v) is 2.67. The van der Waals surface area contributed by atoms with Crippen LogP contribution in [0, 0.1) is 0 Å². The van der Waals surface area contributed by atoms with Gasteiger partial charge in [0.15, 0.2) is 0 Å². The van der Waals surface area contributed by atoms with Crippen LogP contribution in [0.1, 0.15) is 23.2 Å². The Morgan fingerprint density at radius 1 is 1.29 bits per heavy atom. The molecule has 126 valence electrons. The van der Waals surface area contributed by atoms with Crippen LogP contribution < -0.4 is 5.32 Å². The number of carbonyl (C=O) groups is 2. The molecule has 1 fully saturated rings. The number of amides is 2. The Balaban J connectivity index is 1.55. The van der Waals surface area contributed by atoms with Crippen molar-refractivity contribution in [1.82, 2.24) is 24.8 Å². The summed E-state index contributed by atoms with van der Waals surface area (Å²) in [6, 6.07) is 3.56. The van der Waals surface area contributed by atoms with E-state index in [0.717, 1.165) is 0 Å². The molecule has 0 saturated carbocycles. The lowest BCUT2D eigenvalue weighted by molar-refractivity contribution is 0.0892. The number of pyridine rings is 1. The standard InChI is InChI=1S/C16H19N5O3/c1-24-16(23)20-7-4-13(5-8-20)19-15(22)12-2-3-14(18-10-12)21-9-6-17-11-21/h2-3,6,9-11,13H,4-5,7-8H2,1H3,(H,19,22). The van der Waals surface area contributed by atoms with E-state index in [9.17, 15) is 9.59 Å². The molecule has 2 amide bonds. The lowest BCUT2D eigenvalue weighted by Crippen LogP contribution is -2.46. The van der Waals surface area contributed by atoms with Gasteiger partial charge in [-0.1, -0.05) is 0 Å². The third-order valence-corrected chi connectivity index (χ3v) is 4.04. The summed E-state index contributed by atoms with van der Waals surface area (Å²) < 4.78 is 6.47. The summed E-state index contributed by atoms with van der Waals surface area (Å²) in [6.45, 7) is 1.16. The molecule has 0 radical (unpaired) electrons. The van der Waals surface area contributed by atoms with E-state index < -0.39 is 0 Å². The number of nitrogens with one attached hydrogen (secondary N) is 1. The van der Waals surface area contributed by atoms with Crippen LogP contribution in [0.2, 0.25) is 0 Å². The summed E-state index contributed by atoms with van der Waals surface area (Å²) in [6.07, 6.45) is 7.76. The summed E-state index contributed by atoms with van der Waals surface area (Å²) in [4.78, 5) is 33.6. The third kappa shape index (κ3) is 3.53. The van der Waals surface area contributed by atoms with Crippen molar-refractivity contribution >= 4 is 12.0 Å². The van der Waals surface area contributed by atoms with Crippen LogP contribution in [-0.4, -0.2) is 57.7 Å². The first-order valence-electron chi connectivity index (χ1n) is 7.75. The molecule has 8 heteroatoms. The van der Waals surface area contributed by atoms with Crippen molar-refractivity contribution in [2.45, 2.75) is 18.9 Å². The molecule has 1 aliphatic heterocycles. The zero-order valence-electron chi connectivity index (χ0n) is 13.4. The molecule has 1 saturated heterocycles. The molecule has 0 atom stereocenters. The largest absolute Gasteiger partial charge is 0.453 e. The molecule has 0 unspecified atom stereocenters. The number of aromatic nitrogens is 3. The highest BCUT2D eigenvalue weighted by molar-refractivity contribution is 5.94. The average molecular weight is 329 g/mol. The number of likely N-dealkylation sites (tertiary alicyclic amines) is 1. The fraction of sp³-hybridized carbons (Fsp3) is 0.375. The normalized spacial score (nSPS) is 15.1. The summed E-state index contributed by atoms with van der Waals surface area (Å²) in [5.41, 5.74) is 0.509. The van der Waals surface area contributed by atoms with Gasteiger partial charge in [0, 0.05) is 37.7 Å². The zero-order valence-corrected chi connectivity index (χ0v) is 13.4. The maximum Gasteiger partial charge on any atom is 0.409 e. The van der Waals surface area contributed by atoms with Gasteiger partial charge in [0.05, 0.1) is 12.7 Å². The molecule has 0 spiro atoms. The quantitative estimate of drug-likeness (QED) is 0.915. The topological polar surface area (TPSA) is 89.4 Å². The van der Waals surface area contributed by atoms with E-state index in [0.29, 0.717) is 37.3 Å². The first-order chi connectivity index (χ1) is 11.7. The van der Waals surface area contributed by atoms with Gasteiger partial charge in [0.25, 0.3) is 5.91 Å². The Labute approximate surface area is 139 Å². The van der Waals surface area contributed by atoms with Crippen molar-refractivity contribution in [3.05, 3.63) is 42.6 Å². The summed E-state index contributed by atoms with van der Waals surface area (Å²) in [5.74, 6) is 0.548. The van der Waals surface area contributed by atoms with E-state index in [4.69, 9.17) is 4.74 Å². The predicted octanol–water partition coefficient (Wildman–Crippen LogP) is 1.23. The number of rotatable bonds is 3. The molecule has 2 aromatic rings. The Morgan fingerprint density at radius 2 is 2.08 bits per heavy atom. The monoisotopic (exact) mass is 329 g/mol. The van der Waals surface area contributed by atoms with E-state index >= 15 is 0 Å². The summed E-state index contributed by atoms with van der Waals surface area (Å²) in [5, 5.41) is 2.99. The van der Waals surface area contributed by atoms with E-state index in [-0.39, 0.29) is 18.0 Å². The molecule has 1 aliphatic rings. The van der Waals surface area contributed by atoms with E-state index in [2.05, 4.69) is 15.3 Å². The lowest BCUT2D eigenvalue weighted by atomic mass is 10.0. The lowest BCUT2D eigenvalue weighted by Gasteiger charge is -2.31. The van der Waals surface area contributed by atoms with Crippen molar-refractivity contribution in [2.24, 2.45) is 0 Å². The van der Waals surface area contributed by atoms with Gasteiger partial charge in [-0.3, -0.25) is 9.36 Å². The second-order valence-electron chi connectivity index (χ2n) is 5.58. The average Bonchev–Trinajstić information content (AvgIpc) is 3.16. The number of nitrogens with zero attached hydrogens (tertiary/aromatic N) is 4. The number of ether oxygens (including phenoxy) is 1. The van der Waals surface area contributed by atoms with Crippen LogP contribution in [0.15, 0.2) is 37.1 Å². The van der Waals surface area contributed by atoms with Gasteiger partial charge >= 0.3 is 6.09 Å². The van der Waals surface area contributed by atoms with Gasteiger partial charge in [-0.2, -0.15) is 0 Å². The molecule has 24 heavy (non-hydrogen) atoms. The first kappa shape index (κ1) is 16.0. The van der Waals surface area contributed by atoms with Gasteiger partial charge < -0.3 is 15.0 Å². The molecule has 0 aromatic carbocycles. The van der Waals surface area contributed by atoms with E-state index in [1.807, 2.05) is 0 Å². The number of hydrogen-bond acceptors (Lipinski definition) is 5. The molecule has 0 aliphatic carbocycles. The highest BCUT2D eigenvalue weighted by Gasteiger charge is 2.24. The number of piperidine rings is 1. The minimum atomic E-state index is -0.320. The minimum absolute atomic E-state index is 0.0479. The number of imidazole rings is 1. The summed E-state index contributed by atoms with van der Waals surface area (Å²) in [7, 11) is 1.37. The minimum Gasteiger partial charge on any atom is -0.453 e. The molecular weight excluding hydrogens is 310 g/mol. The van der Waals surface area contributed by atoms with E-state index in [1.165, 1.54) is 7.11 Å². The van der Waals surface area contributed by atoms with Crippen molar-refractivity contribution in [1.29, 1.82) is 0 Å². The Bertz CT molecular complexity index is 691. The van der Waals surface area contributed by atoms with Gasteiger partial charge in [-0.05, 0) is 25.0 Å². The van der Waals surface area contributed by atoms with Crippen molar-refractivity contribution < 1.29 is 14.3 Å². The fourth-order valence-electron chi connectivity index (χ4n) is 2.67. The van der Waals surface area contributed by atoms with Crippen LogP contribution in [0.3, 0.4) is 0 Å². The van der Waals surface area contributed by atoms with Crippen LogP contribution in [0.5, 0.6) is 0 Å². The van der Waals surface area contributed by atoms with Gasteiger partial charge in [-0.15, -0.1) is 0 Å². The van der Waals surface area contributed by atoms with Crippen LogP contribution in [-0.2, 0) is 4.74 Å². The van der Waals surface area contributed by atoms with Crippen molar-refractivity contribution in [3.8, 4) is 5.82 Å². The van der Waals surface area contributed by atoms with Crippen LogP contribution in [0.25, 0.3) is 5.82 Å². The number of carbonyl (C=O) groups excluding carboxylic acids is 2. The zero-order chi connectivity index (χ0) is 16.9. The molecular formula is C16H19N5O3. The Morgan fingerprint density at radius 3 is 2.67 bits per heavy atom. The highest BCUT2D eigenvalue weighted by atomic mass is 16.5. The Kier molecular flexibility index (Phi) is 4.74. The predicted molar refractivity (Wildman–Crippen MR) is 85.8 cm³/mol. The highest BCUT2D eigenvalue weighted by Crippen LogP contribution is 2.12. The Hall–Kier alpha value is -2.90. The summed E-state index contributed by atoms with van der Waals surface area (Å²) >= 11 is 0. The first-order valence-corrected chi connectivity index (χ1v) is 7.75. The van der Waals surface area contributed by atoms with Crippen LogP contribution in [0.4, 0.5) is 4.79 Å². The molecule has 2 aromatic heterocycles. The van der Waals surface area contributed by atoms with Crippen LogP contribution >= 0.6 is 0 Å². The second kappa shape index (κ2) is 7.12. The molecule has 3 heterocycles. The van der Waals surface area contributed by atoms with Crippen molar-refractivity contribution in [3.63, 3.8) is 0 Å². The molecule has 8 nitrogen and oxygen atoms in total. The van der Waals surface area contributed by atoms with Gasteiger partial charge in [-0.25, -0.2) is 14.8 Å². The second-order valence-corrected chi connectivity index (χ2v) is 5.58. The number of methoxy groups -OCH3 is 1. The SMILES string of the molecule is COC(=O)N1CCC(NC(=O)c2ccc(-n3ccnc3)nc2)CC1. The maximum absolute atomic E-state index is 12.3. The molecule has 3 rings (SSSR count). The van der Waals surface area contributed by atoms with Crippen molar-refractivity contribution in [2.75, 3.05) is 20.2 Å².